The van der Waals surface area contributed by atoms with Crippen molar-refractivity contribution in [2.45, 2.75) is 43.2 Å². The third-order valence-electron chi connectivity index (χ3n) is 4.18. The van der Waals surface area contributed by atoms with Crippen molar-refractivity contribution in [1.29, 1.82) is 0 Å². The second kappa shape index (κ2) is 6.62. The molecule has 0 radical (unpaired) electrons. The lowest BCUT2D eigenvalue weighted by molar-refractivity contribution is 0.244. The fourth-order valence-corrected chi connectivity index (χ4v) is 4.14. The second-order valence-corrected chi connectivity index (χ2v) is 8.18. The van der Waals surface area contributed by atoms with Crippen LogP contribution in [-0.4, -0.2) is 43.1 Å². The van der Waals surface area contributed by atoms with E-state index in [1.165, 1.54) is 0 Å². The zero-order valence-electron chi connectivity index (χ0n) is 14.0. The van der Waals surface area contributed by atoms with Crippen molar-refractivity contribution in [2.75, 3.05) is 13.6 Å². The highest BCUT2D eigenvalue weighted by Crippen LogP contribution is 2.31. The first-order valence-electron chi connectivity index (χ1n) is 7.98. The summed E-state index contributed by atoms with van der Waals surface area (Å²) in [5.74, 6) is 1.41. The maximum atomic E-state index is 12.5. The van der Waals surface area contributed by atoms with Gasteiger partial charge in [-0.25, -0.2) is 13.1 Å². The monoisotopic (exact) mass is 350 g/mol. The molecular formula is C16H22N4O3S. The standard InChI is InChI=1S/C16H22N4O3S/c1-11(2)15-17-16(23-18-15)14-9-12(10-20(14)3)19-24(21,22)13-7-5-4-6-8-13/h4-8,11-12,14,19H,9-10H2,1-3H3/t12-,14-/m0/s1. The molecule has 3 rings (SSSR count). The zero-order chi connectivity index (χ0) is 17.3. The molecule has 1 aromatic carbocycles. The summed E-state index contributed by atoms with van der Waals surface area (Å²) >= 11 is 0. The molecule has 1 saturated heterocycles. The number of likely N-dealkylation sites (tertiary alicyclic amines) is 1. The minimum atomic E-state index is -3.52. The normalized spacial score (nSPS) is 22.3. The average Bonchev–Trinajstić information content (AvgIpc) is 3.14. The van der Waals surface area contributed by atoms with E-state index in [1.807, 2.05) is 25.8 Å². The van der Waals surface area contributed by atoms with Crippen molar-refractivity contribution in [2.24, 2.45) is 0 Å². The van der Waals surface area contributed by atoms with E-state index in [9.17, 15) is 8.42 Å². The van der Waals surface area contributed by atoms with Crippen molar-refractivity contribution < 1.29 is 12.9 Å². The Morgan fingerprint density at radius 3 is 2.62 bits per heavy atom. The van der Waals surface area contributed by atoms with E-state index in [0.717, 1.165) is 0 Å². The van der Waals surface area contributed by atoms with Crippen LogP contribution in [0.5, 0.6) is 0 Å². The van der Waals surface area contributed by atoms with Crippen LogP contribution >= 0.6 is 0 Å². The highest BCUT2D eigenvalue weighted by atomic mass is 32.2. The van der Waals surface area contributed by atoms with Gasteiger partial charge in [0.25, 0.3) is 0 Å². The molecule has 0 spiro atoms. The molecular weight excluding hydrogens is 328 g/mol. The highest BCUT2D eigenvalue weighted by Gasteiger charge is 2.36. The van der Waals surface area contributed by atoms with E-state index < -0.39 is 10.0 Å². The molecule has 1 aliphatic heterocycles. The van der Waals surface area contributed by atoms with Crippen molar-refractivity contribution in [3.05, 3.63) is 42.0 Å². The molecule has 2 aromatic rings. The molecule has 0 aliphatic carbocycles. The van der Waals surface area contributed by atoms with Crippen LogP contribution in [0.3, 0.4) is 0 Å². The molecule has 0 saturated carbocycles. The minimum Gasteiger partial charge on any atom is -0.338 e. The Hall–Kier alpha value is -1.77. The van der Waals surface area contributed by atoms with Crippen molar-refractivity contribution in [3.8, 4) is 0 Å². The predicted molar refractivity (Wildman–Crippen MR) is 88.9 cm³/mol. The number of hydrogen-bond donors (Lipinski definition) is 1. The largest absolute Gasteiger partial charge is 0.338 e. The van der Waals surface area contributed by atoms with Gasteiger partial charge in [-0.2, -0.15) is 4.98 Å². The predicted octanol–water partition coefficient (Wildman–Crippen LogP) is 1.92. The molecule has 0 amide bonds. The molecule has 8 heteroatoms. The Bertz CT molecular complexity index is 789. The van der Waals surface area contributed by atoms with E-state index >= 15 is 0 Å². The first-order chi connectivity index (χ1) is 11.4. The van der Waals surface area contributed by atoms with Gasteiger partial charge >= 0.3 is 0 Å². The molecule has 24 heavy (non-hydrogen) atoms. The van der Waals surface area contributed by atoms with Gasteiger partial charge in [-0.15, -0.1) is 0 Å². The van der Waals surface area contributed by atoms with Gasteiger partial charge in [0, 0.05) is 18.5 Å². The molecule has 0 unspecified atom stereocenters. The summed E-state index contributed by atoms with van der Waals surface area (Å²) in [6, 6.07) is 8.12. The molecule has 7 nitrogen and oxygen atoms in total. The quantitative estimate of drug-likeness (QED) is 0.886. The van der Waals surface area contributed by atoms with Crippen LogP contribution in [0.1, 0.15) is 43.9 Å². The summed E-state index contributed by atoms with van der Waals surface area (Å²) in [5.41, 5.74) is 0. The fraction of sp³-hybridized carbons (Fsp3) is 0.500. The lowest BCUT2D eigenvalue weighted by Crippen LogP contribution is -2.36. The van der Waals surface area contributed by atoms with Crippen LogP contribution in [0.2, 0.25) is 0 Å². The van der Waals surface area contributed by atoms with Gasteiger partial charge in [0.1, 0.15) is 0 Å². The molecule has 2 atom stereocenters. The topological polar surface area (TPSA) is 88.3 Å². The molecule has 130 valence electrons. The van der Waals surface area contributed by atoms with Gasteiger partial charge in [0.15, 0.2) is 5.82 Å². The van der Waals surface area contributed by atoms with E-state index in [0.29, 0.717) is 24.7 Å². The summed E-state index contributed by atoms with van der Waals surface area (Å²) < 4.78 is 33.0. The SMILES string of the molecule is CC(C)c1noc([C@@H]2C[C@H](NS(=O)(=O)c3ccccc3)CN2C)n1. The summed E-state index contributed by atoms with van der Waals surface area (Å²) in [5, 5.41) is 3.99. The van der Waals surface area contributed by atoms with Gasteiger partial charge in [-0.3, -0.25) is 4.90 Å². The third kappa shape index (κ3) is 3.50. The minimum absolute atomic E-state index is 0.0755. The second-order valence-electron chi connectivity index (χ2n) is 6.47. The van der Waals surface area contributed by atoms with Gasteiger partial charge in [0.2, 0.25) is 15.9 Å². The number of rotatable bonds is 5. The van der Waals surface area contributed by atoms with Crippen LogP contribution in [0.15, 0.2) is 39.8 Å². The van der Waals surface area contributed by atoms with E-state index in [1.54, 1.807) is 30.3 Å². The Kier molecular flexibility index (Phi) is 4.71. The van der Waals surface area contributed by atoms with Crippen molar-refractivity contribution >= 4 is 10.0 Å². The lowest BCUT2D eigenvalue weighted by atomic mass is 10.2. The number of sulfonamides is 1. The Balaban J connectivity index is 1.71. The number of nitrogens with one attached hydrogen (secondary N) is 1. The van der Waals surface area contributed by atoms with Crippen LogP contribution in [0.25, 0.3) is 0 Å². The van der Waals surface area contributed by atoms with Gasteiger partial charge in [0.05, 0.1) is 10.9 Å². The van der Waals surface area contributed by atoms with E-state index in [4.69, 9.17) is 4.52 Å². The molecule has 1 aliphatic rings. The van der Waals surface area contributed by atoms with E-state index in [2.05, 4.69) is 14.9 Å². The van der Waals surface area contributed by atoms with Crippen molar-refractivity contribution in [1.82, 2.24) is 19.8 Å². The Morgan fingerprint density at radius 2 is 2.00 bits per heavy atom. The average molecular weight is 350 g/mol. The van der Waals surface area contributed by atoms with Gasteiger partial charge in [-0.05, 0) is 25.6 Å². The van der Waals surface area contributed by atoms with Crippen LogP contribution < -0.4 is 4.72 Å². The van der Waals surface area contributed by atoms with E-state index in [-0.39, 0.29) is 22.9 Å². The number of hydrogen-bond acceptors (Lipinski definition) is 6. The summed E-state index contributed by atoms with van der Waals surface area (Å²) in [4.78, 5) is 6.75. The smallest absolute Gasteiger partial charge is 0.244 e. The van der Waals surface area contributed by atoms with Gasteiger partial charge < -0.3 is 4.52 Å². The van der Waals surface area contributed by atoms with Crippen LogP contribution in [0.4, 0.5) is 0 Å². The van der Waals surface area contributed by atoms with Crippen molar-refractivity contribution in [3.63, 3.8) is 0 Å². The summed E-state index contributed by atoms with van der Waals surface area (Å²) in [6.07, 6.45) is 0.599. The first kappa shape index (κ1) is 17.1. The summed E-state index contributed by atoms with van der Waals surface area (Å²) in [6.45, 7) is 4.60. The third-order valence-corrected chi connectivity index (χ3v) is 5.72. The van der Waals surface area contributed by atoms with Crippen LogP contribution in [-0.2, 0) is 10.0 Å². The highest BCUT2D eigenvalue weighted by molar-refractivity contribution is 7.89. The summed E-state index contributed by atoms with van der Waals surface area (Å²) in [7, 11) is -1.59. The van der Waals surface area contributed by atoms with Crippen LogP contribution in [0, 0.1) is 0 Å². The van der Waals surface area contributed by atoms with Gasteiger partial charge in [-0.1, -0.05) is 37.2 Å². The number of aromatic nitrogens is 2. The molecule has 1 N–H and O–H groups in total. The number of benzene rings is 1. The number of likely N-dealkylation sites (N-methyl/N-ethyl adjacent to an activating group) is 1. The Labute approximate surface area is 142 Å². The molecule has 2 heterocycles. The molecule has 1 aromatic heterocycles. The molecule has 0 bridgehead atoms. The fourth-order valence-electron chi connectivity index (χ4n) is 2.88. The first-order valence-corrected chi connectivity index (χ1v) is 9.46. The number of nitrogens with zero attached hydrogens (tertiary/aromatic N) is 3. The maximum Gasteiger partial charge on any atom is 0.244 e. The maximum absolute atomic E-state index is 12.5. The lowest BCUT2D eigenvalue weighted by Gasteiger charge is -2.14. The zero-order valence-corrected chi connectivity index (χ0v) is 14.8. The Morgan fingerprint density at radius 1 is 1.29 bits per heavy atom. The molecule has 1 fully saturated rings.